The highest BCUT2D eigenvalue weighted by Gasteiger charge is 2.25. The van der Waals surface area contributed by atoms with Crippen LogP contribution < -0.4 is 5.73 Å². The maximum atomic E-state index is 12.6. The molecular formula is C16H21N7OS. The fourth-order valence-corrected chi connectivity index (χ4v) is 4.07. The fraction of sp³-hybridized carbons (Fsp3) is 0.500. The van der Waals surface area contributed by atoms with Gasteiger partial charge in [0.05, 0.1) is 17.8 Å². The van der Waals surface area contributed by atoms with Crippen LogP contribution in [0.15, 0.2) is 24.0 Å². The number of likely N-dealkylation sites (tertiary alicyclic amines) is 1. The molecule has 8 nitrogen and oxygen atoms in total. The Morgan fingerprint density at radius 2 is 2.28 bits per heavy atom. The molecule has 4 heterocycles. The van der Waals surface area contributed by atoms with Crippen LogP contribution in [-0.2, 0) is 24.3 Å². The molecule has 4 rings (SSSR count). The highest BCUT2D eigenvalue weighted by molar-refractivity contribution is 7.15. The Balaban J connectivity index is 1.36. The monoisotopic (exact) mass is 359 g/mol. The quantitative estimate of drug-likeness (QED) is 0.731. The molecular weight excluding hydrogens is 338 g/mol. The van der Waals surface area contributed by atoms with Crippen molar-refractivity contribution in [3.8, 4) is 0 Å². The van der Waals surface area contributed by atoms with Crippen LogP contribution in [0.4, 0.5) is 0 Å². The Hall–Kier alpha value is -2.26. The molecule has 1 fully saturated rings. The maximum absolute atomic E-state index is 12.6. The smallest absolute Gasteiger partial charge is 0.228 e. The molecule has 3 aromatic rings. The molecule has 3 aromatic heterocycles. The molecule has 0 radical (unpaired) electrons. The molecule has 1 aliphatic rings. The molecule has 0 spiro atoms. The van der Waals surface area contributed by atoms with Crippen molar-refractivity contribution in [1.29, 1.82) is 0 Å². The average Bonchev–Trinajstić information content (AvgIpc) is 3.31. The number of thiazole rings is 1. The van der Waals surface area contributed by atoms with E-state index >= 15 is 0 Å². The largest absolute Gasteiger partial charge is 0.342 e. The molecule has 1 aliphatic heterocycles. The van der Waals surface area contributed by atoms with Gasteiger partial charge in [0.25, 0.3) is 0 Å². The molecule has 25 heavy (non-hydrogen) atoms. The lowest BCUT2D eigenvalue weighted by Gasteiger charge is -2.32. The molecule has 0 bridgehead atoms. The number of piperidine rings is 1. The third kappa shape index (κ3) is 3.57. The van der Waals surface area contributed by atoms with Crippen molar-refractivity contribution in [2.45, 2.75) is 32.4 Å². The van der Waals surface area contributed by atoms with Crippen LogP contribution >= 0.6 is 11.3 Å². The number of rotatable bonds is 5. The first kappa shape index (κ1) is 16.2. The van der Waals surface area contributed by atoms with Gasteiger partial charge in [0.2, 0.25) is 5.91 Å². The molecule has 9 heteroatoms. The predicted molar refractivity (Wildman–Crippen MR) is 94.0 cm³/mol. The maximum Gasteiger partial charge on any atom is 0.228 e. The number of carbonyl (C=O) groups is 1. The van der Waals surface area contributed by atoms with Crippen LogP contribution in [0.1, 0.15) is 24.2 Å². The molecule has 1 atom stereocenters. The van der Waals surface area contributed by atoms with Gasteiger partial charge in [-0.3, -0.25) is 13.9 Å². The second-order valence-electron chi connectivity index (χ2n) is 6.49. The van der Waals surface area contributed by atoms with Crippen LogP contribution in [0.2, 0.25) is 0 Å². The van der Waals surface area contributed by atoms with Gasteiger partial charge >= 0.3 is 0 Å². The standard InChI is InChI=1S/C16H21N7OS/c17-7-14-11-23(20-19-14)9-12-2-1-3-21(8-12)15(24)6-13-10-22-4-5-25-16(22)18-13/h4-5,10-12H,1-3,6-9,17H2. The summed E-state index contributed by atoms with van der Waals surface area (Å²) in [6.07, 6.45) is 8.27. The van der Waals surface area contributed by atoms with E-state index in [2.05, 4.69) is 15.3 Å². The number of hydrogen-bond donors (Lipinski definition) is 1. The summed E-state index contributed by atoms with van der Waals surface area (Å²) in [5.74, 6) is 0.548. The summed E-state index contributed by atoms with van der Waals surface area (Å²) in [4.78, 5) is 20.0. The zero-order valence-corrected chi connectivity index (χ0v) is 14.7. The summed E-state index contributed by atoms with van der Waals surface area (Å²) in [5.41, 5.74) is 7.21. The number of hydrogen-bond acceptors (Lipinski definition) is 6. The lowest BCUT2D eigenvalue weighted by molar-refractivity contribution is -0.132. The van der Waals surface area contributed by atoms with E-state index in [-0.39, 0.29) is 5.91 Å². The van der Waals surface area contributed by atoms with Gasteiger partial charge in [-0.1, -0.05) is 5.21 Å². The number of fused-ring (bicyclic) bond motifs is 1. The first-order valence-electron chi connectivity index (χ1n) is 8.49. The molecule has 1 saturated heterocycles. The van der Waals surface area contributed by atoms with E-state index in [9.17, 15) is 4.79 Å². The van der Waals surface area contributed by atoms with Crippen molar-refractivity contribution < 1.29 is 4.79 Å². The Bertz CT molecular complexity index is 838. The van der Waals surface area contributed by atoms with Gasteiger partial charge in [0.15, 0.2) is 4.96 Å². The molecule has 2 N–H and O–H groups in total. The van der Waals surface area contributed by atoms with Gasteiger partial charge in [-0.2, -0.15) is 0 Å². The first-order valence-corrected chi connectivity index (χ1v) is 9.37. The number of amides is 1. The van der Waals surface area contributed by atoms with Gasteiger partial charge in [0.1, 0.15) is 0 Å². The van der Waals surface area contributed by atoms with Crippen molar-refractivity contribution in [3.05, 3.63) is 35.4 Å². The number of carbonyl (C=O) groups excluding carboxylic acids is 1. The van der Waals surface area contributed by atoms with Crippen molar-refractivity contribution in [1.82, 2.24) is 29.3 Å². The summed E-state index contributed by atoms with van der Waals surface area (Å²) in [6.45, 7) is 2.76. The minimum absolute atomic E-state index is 0.150. The molecule has 1 amide bonds. The average molecular weight is 359 g/mol. The van der Waals surface area contributed by atoms with Gasteiger partial charge in [-0.15, -0.1) is 16.4 Å². The minimum Gasteiger partial charge on any atom is -0.342 e. The highest BCUT2D eigenvalue weighted by atomic mass is 32.1. The summed E-state index contributed by atoms with van der Waals surface area (Å²) in [7, 11) is 0. The van der Waals surface area contributed by atoms with E-state index in [0.717, 1.165) is 48.8 Å². The topological polar surface area (TPSA) is 94.3 Å². The molecule has 1 unspecified atom stereocenters. The Labute approximate surface area is 149 Å². The van der Waals surface area contributed by atoms with Crippen molar-refractivity contribution in [2.75, 3.05) is 13.1 Å². The van der Waals surface area contributed by atoms with Crippen molar-refractivity contribution in [3.63, 3.8) is 0 Å². The van der Waals surface area contributed by atoms with Crippen LogP contribution in [0.5, 0.6) is 0 Å². The number of imidazole rings is 1. The number of aromatic nitrogens is 5. The van der Waals surface area contributed by atoms with Crippen molar-refractivity contribution >= 4 is 22.2 Å². The van der Waals surface area contributed by atoms with E-state index in [4.69, 9.17) is 5.73 Å². The summed E-state index contributed by atoms with van der Waals surface area (Å²) in [5, 5.41) is 10.1. The molecule has 0 aromatic carbocycles. The van der Waals surface area contributed by atoms with E-state index in [1.54, 1.807) is 11.3 Å². The Morgan fingerprint density at radius 1 is 1.36 bits per heavy atom. The minimum atomic E-state index is 0.150. The predicted octanol–water partition coefficient (Wildman–Crippen LogP) is 0.927. The molecule has 0 saturated carbocycles. The van der Waals surface area contributed by atoms with Crippen molar-refractivity contribution in [2.24, 2.45) is 11.7 Å². The second-order valence-corrected chi connectivity index (χ2v) is 7.36. The van der Waals surface area contributed by atoms with Crippen LogP contribution in [0, 0.1) is 5.92 Å². The summed E-state index contributed by atoms with van der Waals surface area (Å²) >= 11 is 1.58. The first-order chi connectivity index (χ1) is 12.2. The van der Waals surface area contributed by atoms with Crippen LogP contribution in [0.3, 0.4) is 0 Å². The lowest BCUT2D eigenvalue weighted by atomic mass is 9.97. The Kier molecular flexibility index (Phi) is 4.50. The third-order valence-electron chi connectivity index (χ3n) is 4.59. The van der Waals surface area contributed by atoms with Gasteiger partial charge in [0, 0.05) is 50.1 Å². The zero-order chi connectivity index (χ0) is 17.2. The van der Waals surface area contributed by atoms with Crippen LogP contribution in [-0.4, -0.2) is 48.3 Å². The van der Waals surface area contributed by atoms with Gasteiger partial charge < -0.3 is 10.6 Å². The SMILES string of the molecule is NCc1cn(CC2CCCN(C(=O)Cc3cn4ccsc4n3)C2)nn1. The fourth-order valence-electron chi connectivity index (χ4n) is 3.35. The van der Waals surface area contributed by atoms with E-state index in [0.29, 0.717) is 18.9 Å². The molecule has 0 aliphatic carbocycles. The second kappa shape index (κ2) is 6.93. The van der Waals surface area contributed by atoms with Gasteiger partial charge in [-0.25, -0.2) is 4.98 Å². The van der Waals surface area contributed by atoms with Crippen LogP contribution in [0.25, 0.3) is 4.96 Å². The van der Waals surface area contributed by atoms with E-state index in [1.165, 1.54) is 0 Å². The van der Waals surface area contributed by atoms with Gasteiger partial charge in [-0.05, 0) is 18.8 Å². The molecule has 132 valence electrons. The number of nitrogens with two attached hydrogens (primary N) is 1. The zero-order valence-electron chi connectivity index (χ0n) is 13.9. The highest BCUT2D eigenvalue weighted by Crippen LogP contribution is 2.19. The number of nitrogens with zero attached hydrogens (tertiary/aromatic N) is 6. The summed E-state index contributed by atoms with van der Waals surface area (Å²) in [6, 6.07) is 0. The van der Waals surface area contributed by atoms with E-state index in [1.807, 2.05) is 38.0 Å². The lowest BCUT2D eigenvalue weighted by Crippen LogP contribution is -2.41. The summed E-state index contributed by atoms with van der Waals surface area (Å²) < 4.78 is 3.80. The normalized spacial score (nSPS) is 18.1. The third-order valence-corrected chi connectivity index (χ3v) is 5.36. The Morgan fingerprint density at radius 3 is 3.08 bits per heavy atom. The van der Waals surface area contributed by atoms with E-state index < -0.39 is 0 Å².